The van der Waals surface area contributed by atoms with Gasteiger partial charge in [-0.1, -0.05) is 24.4 Å². The molecule has 0 aliphatic heterocycles. The molecule has 1 aromatic carbocycles. The Hall–Kier alpha value is -2.13. The van der Waals surface area contributed by atoms with Crippen LogP contribution < -0.4 is 5.32 Å². The number of nitro groups is 1. The van der Waals surface area contributed by atoms with Crippen LogP contribution in [0.4, 0.5) is 11.4 Å². The van der Waals surface area contributed by atoms with Crippen molar-refractivity contribution in [3.05, 3.63) is 33.3 Å². The van der Waals surface area contributed by atoms with E-state index in [-0.39, 0.29) is 16.4 Å². The molecule has 2 rings (SSSR count). The molecule has 0 bridgehead atoms. The van der Waals surface area contributed by atoms with Crippen LogP contribution in [0.5, 0.6) is 0 Å². The van der Waals surface area contributed by atoms with Gasteiger partial charge >= 0.3 is 0 Å². The zero-order valence-corrected chi connectivity index (χ0v) is 11.3. The molecule has 0 radical (unpaired) electrons. The van der Waals surface area contributed by atoms with E-state index in [9.17, 15) is 20.2 Å². The molecule has 0 atom stereocenters. The molecule has 1 aliphatic rings. The minimum Gasteiger partial charge on any atom is -0.319 e. The normalized spacial score (nSPS) is 16.4. The molecule has 1 amide bonds. The minimum absolute atomic E-state index is 0.0222. The first-order valence-corrected chi connectivity index (χ1v) is 6.53. The van der Waals surface area contributed by atoms with E-state index in [1.54, 1.807) is 0 Å². The van der Waals surface area contributed by atoms with Crippen LogP contribution in [0.15, 0.2) is 18.2 Å². The number of anilines is 1. The third kappa shape index (κ3) is 2.58. The summed E-state index contributed by atoms with van der Waals surface area (Å²) >= 11 is 5.79. The zero-order valence-electron chi connectivity index (χ0n) is 10.6. The summed E-state index contributed by atoms with van der Waals surface area (Å²) < 4.78 is 0. The third-order valence-electron chi connectivity index (χ3n) is 3.51. The van der Waals surface area contributed by atoms with Gasteiger partial charge in [-0.25, -0.2) is 0 Å². The lowest BCUT2D eigenvalue weighted by Crippen LogP contribution is -2.32. The average molecular weight is 294 g/mol. The topological polar surface area (TPSA) is 96.0 Å². The summed E-state index contributed by atoms with van der Waals surface area (Å²) in [5.41, 5.74) is -1.31. The molecular weight excluding hydrogens is 282 g/mol. The third-order valence-corrected chi connectivity index (χ3v) is 3.74. The molecular formula is C13H12ClN3O3. The first-order valence-electron chi connectivity index (χ1n) is 6.15. The van der Waals surface area contributed by atoms with Gasteiger partial charge in [-0.3, -0.25) is 14.9 Å². The van der Waals surface area contributed by atoms with Crippen molar-refractivity contribution in [3.8, 4) is 6.07 Å². The highest BCUT2D eigenvalue weighted by atomic mass is 35.5. The van der Waals surface area contributed by atoms with Crippen molar-refractivity contribution in [3.63, 3.8) is 0 Å². The highest BCUT2D eigenvalue weighted by molar-refractivity contribution is 6.31. The van der Waals surface area contributed by atoms with E-state index < -0.39 is 16.2 Å². The summed E-state index contributed by atoms with van der Waals surface area (Å²) in [6.45, 7) is 0. The smallest absolute Gasteiger partial charge is 0.292 e. The first kappa shape index (κ1) is 14.3. The van der Waals surface area contributed by atoms with E-state index in [0.717, 1.165) is 12.8 Å². The summed E-state index contributed by atoms with van der Waals surface area (Å²) in [5, 5.41) is 22.9. The van der Waals surface area contributed by atoms with Crippen LogP contribution in [0, 0.1) is 26.9 Å². The molecule has 1 saturated carbocycles. The Morgan fingerprint density at radius 1 is 1.45 bits per heavy atom. The van der Waals surface area contributed by atoms with Crippen LogP contribution in [0.3, 0.4) is 0 Å². The van der Waals surface area contributed by atoms with Crippen LogP contribution >= 0.6 is 11.6 Å². The van der Waals surface area contributed by atoms with Crippen LogP contribution in [-0.4, -0.2) is 10.8 Å². The van der Waals surface area contributed by atoms with Gasteiger partial charge in [-0.05, 0) is 25.0 Å². The SMILES string of the molecule is N#CC1(C(=O)Nc2cc(Cl)ccc2[N+](=O)[O-])CCCC1. The van der Waals surface area contributed by atoms with Gasteiger partial charge in [0.2, 0.25) is 5.91 Å². The monoisotopic (exact) mass is 293 g/mol. The van der Waals surface area contributed by atoms with Gasteiger partial charge < -0.3 is 5.32 Å². The molecule has 1 aromatic rings. The molecule has 1 fully saturated rings. The number of rotatable bonds is 3. The number of hydrogen-bond acceptors (Lipinski definition) is 4. The van der Waals surface area contributed by atoms with E-state index in [1.807, 2.05) is 6.07 Å². The maximum absolute atomic E-state index is 12.3. The highest BCUT2D eigenvalue weighted by Crippen LogP contribution is 2.39. The van der Waals surface area contributed by atoms with Crippen molar-refractivity contribution in [1.82, 2.24) is 0 Å². The second-order valence-corrected chi connectivity index (χ2v) is 5.21. The van der Waals surface area contributed by atoms with Gasteiger partial charge in [-0.2, -0.15) is 5.26 Å². The number of hydrogen-bond donors (Lipinski definition) is 1. The number of nitriles is 1. The number of amides is 1. The molecule has 0 unspecified atom stereocenters. The van der Waals surface area contributed by atoms with Gasteiger partial charge in [0.1, 0.15) is 11.1 Å². The van der Waals surface area contributed by atoms with E-state index >= 15 is 0 Å². The molecule has 0 saturated heterocycles. The first-order chi connectivity index (χ1) is 9.48. The van der Waals surface area contributed by atoms with Crippen molar-refractivity contribution < 1.29 is 9.72 Å². The van der Waals surface area contributed by atoms with E-state index in [0.29, 0.717) is 12.8 Å². The predicted molar refractivity (Wildman–Crippen MR) is 73.3 cm³/mol. The number of nitrogens with zero attached hydrogens (tertiary/aromatic N) is 2. The number of nitro benzene ring substituents is 1. The lowest BCUT2D eigenvalue weighted by Gasteiger charge is -2.19. The molecule has 7 heteroatoms. The highest BCUT2D eigenvalue weighted by Gasteiger charge is 2.42. The van der Waals surface area contributed by atoms with Crippen molar-refractivity contribution in [1.29, 1.82) is 5.26 Å². The number of nitrogens with one attached hydrogen (secondary N) is 1. The summed E-state index contributed by atoms with van der Waals surface area (Å²) in [6.07, 6.45) is 2.56. The predicted octanol–water partition coefficient (Wildman–Crippen LogP) is 3.27. The standard InChI is InChI=1S/C13H12ClN3O3/c14-9-3-4-11(17(19)20)10(7-9)16-12(18)13(8-15)5-1-2-6-13/h3-4,7H,1-2,5-6H2,(H,16,18). The molecule has 0 aromatic heterocycles. The Bertz CT molecular complexity index is 603. The number of carbonyl (C=O) groups is 1. The molecule has 0 spiro atoms. The van der Waals surface area contributed by atoms with Crippen LogP contribution in [-0.2, 0) is 4.79 Å². The van der Waals surface area contributed by atoms with Crippen molar-refractivity contribution in [2.24, 2.45) is 5.41 Å². The fraction of sp³-hybridized carbons (Fsp3) is 0.385. The summed E-state index contributed by atoms with van der Waals surface area (Å²) in [5.74, 6) is -0.497. The van der Waals surface area contributed by atoms with Gasteiger partial charge in [0.25, 0.3) is 5.69 Å². The fourth-order valence-electron chi connectivity index (χ4n) is 2.38. The Balaban J connectivity index is 2.30. The van der Waals surface area contributed by atoms with Gasteiger partial charge in [0, 0.05) is 11.1 Å². The number of carbonyl (C=O) groups excluding carboxylic acids is 1. The van der Waals surface area contributed by atoms with E-state index in [4.69, 9.17) is 11.6 Å². The largest absolute Gasteiger partial charge is 0.319 e. The molecule has 1 aliphatic carbocycles. The van der Waals surface area contributed by atoms with Crippen LogP contribution in [0.1, 0.15) is 25.7 Å². The Morgan fingerprint density at radius 3 is 2.65 bits per heavy atom. The quantitative estimate of drug-likeness (QED) is 0.683. The van der Waals surface area contributed by atoms with Gasteiger partial charge in [-0.15, -0.1) is 0 Å². The summed E-state index contributed by atoms with van der Waals surface area (Å²) in [6, 6.07) is 5.97. The lowest BCUT2D eigenvalue weighted by molar-refractivity contribution is -0.383. The van der Waals surface area contributed by atoms with Crippen LogP contribution in [0.2, 0.25) is 5.02 Å². The Morgan fingerprint density at radius 2 is 2.10 bits per heavy atom. The summed E-state index contributed by atoms with van der Waals surface area (Å²) in [7, 11) is 0. The molecule has 0 heterocycles. The molecule has 20 heavy (non-hydrogen) atoms. The van der Waals surface area contributed by atoms with E-state index in [1.165, 1.54) is 18.2 Å². The van der Waals surface area contributed by atoms with Gasteiger partial charge in [0.05, 0.1) is 11.0 Å². The zero-order chi connectivity index (χ0) is 14.8. The maximum Gasteiger partial charge on any atom is 0.292 e. The molecule has 104 valence electrons. The summed E-state index contributed by atoms with van der Waals surface area (Å²) in [4.78, 5) is 22.6. The average Bonchev–Trinajstić information content (AvgIpc) is 2.88. The number of benzene rings is 1. The lowest BCUT2D eigenvalue weighted by atomic mass is 9.87. The Labute approximate surface area is 120 Å². The molecule has 6 nitrogen and oxygen atoms in total. The Kier molecular flexibility index (Phi) is 3.91. The minimum atomic E-state index is -1.09. The number of halogens is 1. The second-order valence-electron chi connectivity index (χ2n) is 4.77. The van der Waals surface area contributed by atoms with Crippen molar-refractivity contribution in [2.45, 2.75) is 25.7 Å². The van der Waals surface area contributed by atoms with Crippen molar-refractivity contribution in [2.75, 3.05) is 5.32 Å². The van der Waals surface area contributed by atoms with Gasteiger partial charge in [0.15, 0.2) is 0 Å². The van der Waals surface area contributed by atoms with E-state index in [2.05, 4.69) is 5.32 Å². The maximum atomic E-state index is 12.3. The fourth-order valence-corrected chi connectivity index (χ4v) is 2.55. The van der Waals surface area contributed by atoms with Crippen molar-refractivity contribution >= 4 is 28.9 Å². The van der Waals surface area contributed by atoms with Crippen LogP contribution in [0.25, 0.3) is 0 Å². The second kappa shape index (κ2) is 5.47. The molecule has 1 N–H and O–H groups in total.